The normalized spacial score (nSPS) is 11.7. The number of hydrogen-bond donors (Lipinski definition) is 1. The highest BCUT2D eigenvalue weighted by Gasteiger charge is 2.16. The van der Waals surface area contributed by atoms with Crippen LogP contribution in [0.2, 0.25) is 0 Å². The summed E-state index contributed by atoms with van der Waals surface area (Å²) in [7, 11) is 0. The number of aromatic nitrogens is 3. The summed E-state index contributed by atoms with van der Waals surface area (Å²) in [5.41, 5.74) is 5.06. The minimum atomic E-state index is -0.212. The number of rotatable bonds is 3. The van der Waals surface area contributed by atoms with E-state index in [1.165, 1.54) is 22.5 Å². The highest BCUT2D eigenvalue weighted by molar-refractivity contribution is 7.15. The number of fused-ring (bicyclic) bond motifs is 1. The summed E-state index contributed by atoms with van der Waals surface area (Å²) >= 11 is 1.50. The number of benzene rings is 2. The molecule has 0 spiro atoms. The quantitative estimate of drug-likeness (QED) is 0.515. The summed E-state index contributed by atoms with van der Waals surface area (Å²) in [5.74, 6) is 0.0979. The Morgan fingerprint density at radius 2 is 1.71 bits per heavy atom. The van der Waals surface area contributed by atoms with Gasteiger partial charge in [-0.3, -0.25) is 10.1 Å². The monoisotopic (exact) mass is 390 g/mol. The maximum Gasteiger partial charge on any atom is 0.258 e. The van der Waals surface area contributed by atoms with Crippen LogP contribution < -0.4 is 5.32 Å². The van der Waals surface area contributed by atoms with Gasteiger partial charge in [0.1, 0.15) is 0 Å². The number of aryl methyl sites for hydroxylation is 1. The average molecular weight is 391 g/mol. The van der Waals surface area contributed by atoms with Gasteiger partial charge >= 0.3 is 0 Å². The van der Waals surface area contributed by atoms with Crippen molar-refractivity contribution in [3.8, 4) is 11.3 Å². The Labute approximate surface area is 168 Å². The van der Waals surface area contributed by atoms with Crippen LogP contribution in [-0.2, 0) is 5.41 Å². The van der Waals surface area contributed by atoms with E-state index in [9.17, 15) is 4.79 Å². The Kier molecular flexibility index (Phi) is 4.51. The molecule has 0 fully saturated rings. The summed E-state index contributed by atoms with van der Waals surface area (Å²) in [5, 5.41) is 9.31. The molecule has 28 heavy (non-hydrogen) atoms. The van der Waals surface area contributed by atoms with E-state index in [4.69, 9.17) is 0 Å². The lowest BCUT2D eigenvalue weighted by Crippen LogP contribution is -2.15. The molecule has 2 aromatic carbocycles. The number of amides is 1. The zero-order chi connectivity index (χ0) is 19.9. The van der Waals surface area contributed by atoms with Crippen LogP contribution in [0.5, 0.6) is 0 Å². The van der Waals surface area contributed by atoms with E-state index in [1.807, 2.05) is 29.6 Å². The van der Waals surface area contributed by atoms with Gasteiger partial charge in [-0.1, -0.05) is 62.7 Å². The van der Waals surface area contributed by atoms with Crippen molar-refractivity contribution in [1.82, 2.24) is 14.6 Å². The first-order valence-electron chi connectivity index (χ1n) is 9.14. The van der Waals surface area contributed by atoms with E-state index in [0.717, 1.165) is 16.2 Å². The molecule has 142 valence electrons. The van der Waals surface area contributed by atoms with Crippen molar-refractivity contribution in [2.75, 3.05) is 5.32 Å². The zero-order valence-electron chi connectivity index (χ0n) is 16.4. The van der Waals surface area contributed by atoms with Gasteiger partial charge in [0.25, 0.3) is 11.9 Å². The molecule has 0 aliphatic heterocycles. The van der Waals surface area contributed by atoms with Gasteiger partial charge in [-0.05, 0) is 30.0 Å². The molecule has 0 aliphatic rings. The lowest BCUT2D eigenvalue weighted by Gasteiger charge is -2.18. The van der Waals surface area contributed by atoms with Crippen LogP contribution in [0.15, 0.2) is 53.9 Å². The van der Waals surface area contributed by atoms with Crippen LogP contribution in [0.1, 0.15) is 42.3 Å². The van der Waals surface area contributed by atoms with Crippen LogP contribution in [0.4, 0.5) is 5.95 Å². The number of thiazole rings is 1. The first-order valence-corrected chi connectivity index (χ1v) is 10.0. The third-order valence-corrected chi connectivity index (χ3v) is 5.48. The summed E-state index contributed by atoms with van der Waals surface area (Å²) in [6, 6.07) is 15.9. The zero-order valence-corrected chi connectivity index (χ0v) is 17.2. The molecular formula is C22H22N4OS. The topological polar surface area (TPSA) is 59.3 Å². The van der Waals surface area contributed by atoms with Gasteiger partial charge in [-0.25, -0.2) is 4.52 Å². The van der Waals surface area contributed by atoms with Crippen molar-refractivity contribution in [3.05, 3.63) is 70.6 Å². The van der Waals surface area contributed by atoms with Gasteiger partial charge in [-0.15, -0.1) is 16.4 Å². The molecule has 2 aromatic heterocycles. The predicted molar refractivity (Wildman–Crippen MR) is 114 cm³/mol. The van der Waals surface area contributed by atoms with E-state index in [1.54, 1.807) is 4.52 Å². The summed E-state index contributed by atoms with van der Waals surface area (Å²) in [6.45, 7) is 8.50. The van der Waals surface area contributed by atoms with Crippen LogP contribution in [-0.4, -0.2) is 20.5 Å². The second kappa shape index (κ2) is 6.87. The molecule has 0 bridgehead atoms. The SMILES string of the molecule is Cc1ccc(-c2csc3nc(NC(=O)c4ccc(C(C)(C)C)cc4)nn23)cc1. The minimum Gasteiger partial charge on any atom is -0.289 e. The molecule has 0 saturated carbocycles. The highest BCUT2D eigenvalue weighted by atomic mass is 32.1. The van der Waals surface area contributed by atoms with Gasteiger partial charge in [0, 0.05) is 16.5 Å². The van der Waals surface area contributed by atoms with E-state index in [-0.39, 0.29) is 11.3 Å². The van der Waals surface area contributed by atoms with Crippen molar-refractivity contribution in [3.63, 3.8) is 0 Å². The standard InChI is InChI=1S/C22H22N4OS/c1-14-5-7-15(8-6-14)18-13-28-21-24-20(25-26(18)21)23-19(27)16-9-11-17(12-10-16)22(2,3)4/h5-13H,1-4H3,(H,23,25,27). The van der Waals surface area contributed by atoms with Crippen molar-refractivity contribution in [2.24, 2.45) is 0 Å². The van der Waals surface area contributed by atoms with Gasteiger partial charge < -0.3 is 0 Å². The molecule has 0 atom stereocenters. The molecule has 4 rings (SSSR count). The Bertz CT molecular complexity index is 1130. The van der Waals surface area contributed by atoms with Crippen LogP contribution in [0.25, 0.3) is 16.2 Å². The molecule has 0 aliphatic carbocycles. The number of carbonyl (C=O) groups is 1. The van der Waals surface area contributed by atoms with E-state index in [2.05, 4.69) is 67.4 Å². The molecule has 1 N–H and O–H groups in total. The number of carbonyl (C=O) groups excluding carboxylic acids is 1. The van der Waals surface area contributed by atoms with Crippen LogP contribution in [0.3, 0.4) is 0 Å². The fourth-order valence-corrected chi connectivity index (χ4v) is 3.78. The Balaban J connectivity index is 1.57. The van der Waals surface area contributed by atoms with Crippen molar-refractivity contribution >= 4 is 28.2 Å². The van der Waals surface area contributed by atoms with Gasteiger partial charge in [0.05, 0.1) is 5.69 Å². The first kappa shape index (κ1) is 18.4. The van der Waals surface area contributed by atoms with Crippen LogP contribution in [0, 0.1) is 6.92 Å². The summed E-state index contributed by atoms with van der Waals surface area (Å²) in [6.07, 6.45) is 0. The third-order valence-electron chi connectivity index (χ3n) is 4.67. The molecule has 6 heteroatoms. The molecule has 4 aromatic rings. The van der Waals surface area contributed by atoms with E-state index < -0.39 is 0 Å². The van der Waals surface area contributed by atoms with Gasteiger partial charge in [-0.2, -0.15) is 4.98 Å². The second-order valence-electron chi connectivity index (χ2n) is 7.90. The first-order chi connectivity index (χ1) is 13.3. The Hall–Kier alpha value is -2.99. The molecule has 0 saturated heterocycles. The fourth-order valence-electron chi connectivity index (χ4n) is 2.95. The van der Waals surface area contributed by atoms with Crippen molar-refractivity contribution < 1.29 is 4.79 Å². The molecule has 2 heterocycles. The van der Waals surface area contributed by atoms with E-state index in [0.29, 0.717) is 11.5 Å². The molecule has 0 radical (unpaired) electrons. The van der Waals surface area contributed by atoms with Crippen molar-refractivity contribution in [2.45, 2.75) is 33.1 Å². The van der Waals surface area contributed by atoms with E-state index >= 15 is 0 Å². The maximum atomic E-state index is 12.6. The molecule has 0 unspecified atom stereocenters. The maximum absolute atomic E-state index is 12.6. The number of nitrogens with zero attached hydrogens (tertiary/aromatic N) is 3. The van der Waals surface area contributed by atoms with Crippen LogP contribution >= 0.6 is 11.3 Å². The minimum absolute atomic E-state index is 0.0528. The lowest BCUT2D eigenvalue weighted by molar-refractivity contribution is 0.102. The predicted octanol–water partition coefficient (Wildman–Crippen LogP) is 5.32. The molecule has 1 amide bonds. The largest absolute Gasteiger partial charge is 0.289 e. The van der Waals surface area contributed by atoms with Crippen molar-refractivity contribution in [1.29, 1.82) is 0 Å². The number of hydrogen-bond acceptors (Lipinski definition) is 4. The highest BCUT2D eigenvalue weighted by Crippen LogP contribution is 2.26. The number of nitrogens with one attached hydrogen (secondary N) is 1. The second-order valence-corrected chi connectivity index (χ2v) is 8.73. The smallest absolute Gasteiger partial charge is 0.258 e. The fraction of sp³-hybridized carbons (Fsp3) is 0.227. The Morgan fingerprint density at radius 3 is 2.36 bits per heavy atom. The summed E-state index contributed by atoms with van der Waals surface area (Å²) < 4.78 is 1.77. The molecule has 5 nitrogen and oxygen atoms in total. The Morgan fingerprint density at radius 1 is 1.04 bits per heavy atom. The van der Waals surface area contributed by atoms with Gasteiger partial charge in [0.15, 0.2) is 0 Å². The summed E-state index contributed by atoms with van der Waals surface area (Å²) in [4.78, 5) is 17.8. The van der Waals surface area contributed by atoms with Gasteiger partial charge in [0.2, 0.25) is 4.96 Å². The number of anilines is 1. The lowest BCUT2D eigenvalue weighted by atomic mass is 9.87. The third kappa shape index (κ3) is 3.55. The average Bonchev–Trinajstić information content (AvgIpc) is 3.22. The molecular weight excluding hydrogens is 368 g/mol.